The molecule has 1 unspecified atom stereocenters. The van der Waals surface area contributed by atoms with E-state index in [-0.39, 0.29) is 11.9 Å². The summed E-state index contributed by atoms with van der Waals surface area (Å²) >= 11 is 0. The standard InChI is InChI=1S/C12H14N4O/c1-15-10-5-3-2-4-9(10)14-12(15)16-7-8(13)6-11(16)17/h2-5,8H,6-7,13H2,1H3. The van der Waals surface area contributed by atoms with Gasteiger partial charge in [0.15, 0.2) is 0 Å². The van der Waals surface area contributed by atoms with Crippen LogP contribution in [-0.2, 0) is 11.8 Å². The molecular weight excluding hydrogens is 216 g/mol. The lowest BCUT2D eigenvalue weighted by molar-refractivity contribution is -0.117. The van der Waals surface area contributed by atoms with Crippen molar-refractivity contribution in [3.63, 3.8) is 0 Å². The number of imidazole rings is 1. The molecule has 0 saturated carbocycles. The van der Waals surface area contributed by atoms with Gasteiger partial charge in [0.25, 0.3) is 0 Å². The lowest BCUT2D eigenvalue weighted by atomic mass is 10.3. The average molecular weight is 230 g/mol. The molecule has 2 heterocycles. The summed E-state index contributed by atoms with van der Waals surface area (Å²) < 4.78 is 1.94. The highest BCUT2D eigenvalue weighted by Gasteiger charge is 2.31. The third-order valence-electron chi connectivity index (χ3n) is 3.16. The molecule has 1 amide bonds. The van der Waals surface area contributed by atoms with Crippen molar-refractivity contribution in [1.29, 1.82) is 0 Å². The van der Waals surface area contributed by atoms with Crippen molar-refractivity contribution < 1.29 is 4.79 Å². The van der Waals surface area contributed by atoms with E-state index >= 15 is 0 Å². The first-order chi connectivity index (χ1) is 8.16. The Morgan fingerprint density at radius 1 is 1.41 bits per heavy atom. The van der Waals surface area contributed by atoms with Crippen LogP contribution in [0.1, 0.15) is 6.42 Å². The number of rotatable bonds is 1. The minimum Gasteiger partial charge on any atom is -0.326 e. The summed E-state index contributed by atoms with van der Waals surface area (Å²) in [5.41, 5.74) is 7.72. The van der Waals surface area contributed by atoms with Gasteiger partial charge in [-0.25, -0.2) is 4.98 Å². The molecule has 1 aromatic carbocycles. The quantitative estimate of drug-likeness (QED) is 0.781. The van der Waals surface area contributed by atoms with Gasteiger partial charge in [-0.2, -0.15) is 0 Å². The second kappa shape index (κ2) is 3.56. The first kappa shape index (κ1) is 10.3. The highest BCUT2D eigenvalue weighted by molar-refractivity contribution is 5.96. The molecule has 0 radical (unpaired) electrons. The topological polar surface area (TPSA) is 64.2 Å². The number of anilines is 1. The van der Waals surface area contributed by atoms with Gasteiger partial charge >= 0.3 is 0 Å². The molecule has 2 aromatic rings. The molecule has 2 N–H and O–H groups in total. The Morgan fingerprint density at radius 2 is 2.18 bits per heavy atom. The summed E-state index contributed by atoms with van der Waals surface area (Å²) in [7, 11) is 1.92. The maximum absolute atomic E-state index is 11.8. The van der Waals surface area contributed by atoms with Crippen LogP contribution >= 0.6 is 0 Å². The van der Waals surface area contributed by atoms with E-state index < -0.39 is 0 Å². The van der Waals surface area contributed by atoms with E-state index in [0.717, 1.165) is 11.0 Å². The van der Waals surface area contributed by atoms with Crippen molar-refractivity contribution in [3.05, 3.63) is 24.3 Å². The van der Waals surface area contributed by atoms with Crippen molar-refractivity contribution >= 4 is 22.9 Å². The smallest absolute Gasteiger partial charge is 0.230 e. The number of aryl methyl sites for hydroxylation is 1. The zero-order valence-corrected chi connectivity index (χ0v) is 9.63. The fourth-order valence-electron chi connectivity index (χ4n) is 2.30. The molecule has 1 aromatic heterocycles. The summed E-state index contributed by atoms with van der Waals surface area (Å²) in [5, 5.41) is 0. The molecule has 17 heavy (non-hydrogen) atoms. The predicted molar refractivity (Wildman–Crippen MR) is 65.7 cm³/mol. The molecule has 1 fully saturated rings. The van der Waals surface area contributed by atoms with Crippen LogP contribution in [0.25, 0.3) is 11.0 Å². The molecule has 1 saturated heterocycles. The summed E-state index contributed by atoms with van der Waals surface area (Å²) in [6.45, 7) is 0.552. The number of hydrogen-bond acceptors (Lipinski definition) is 3. The summed E-state index contributed by atoms with van der Waals surface area (Å²) in [6.07, 6.45) is 0.406. The van der Waals surface area contributed by atoms with Gasteiger partial charge in [0.05, 0.1) is 11.0 Å². The average Bonchev–Trinajstić information content (AvgIpc) is 2.80. The number of aromatic nitrogens is 2. The van der Waals surface area contributed by atoms with Gasteiger partial charge in [0.1, 0.15) is 0 Å². The van der Waals surface area contributed by atoms with E-state index in [4.69, 9.17) is 5.73 Å². The molecule has 88 valence electrons. The van der Waals surface area contributed by atoms with Crippen molar-refractivity contribution in [2.24, 2.45) is 12.8 Å². The maximum Gasteiger partial charge on any atom is 0.230 e. The van der Waals surface area contributed by atoms with Crippen molar-refractivity contribution in [3.8, 4) is 0 Å². The largest absolute Gasteiger partial charge is 0.326 e. The predicted octanol–water partition coefficient (Wildman–Crippen LogP) is 0.637. The van der Waals surface area contributed by atoms with Crippen LogP contribution in [0.15, 0.2) is 24.3 Å². The number of nitrogens with two attached hydrogens (primary N) is 1. The van der Waals surface area contributed by atoms with Gasteiger partial charge in [0, 0.05) is 26.1 Å². The minimum absolute atomic E-state index is 0.0518. The molecule has 0 spiro atoms. The van der Waals surface area contributed by atoms with E-state index in [9.17, 15) is 4.79 Å². The molecule has 3 rings (SSSR count). The van der Waals surface area contributed by atoms with Crippen molar-refractivity contribution in [2.45, 2.75) is 12.5 Å². The van der Waals surface area contributed by atoms with E-state index in [0.29, 0.717) is 18.9 Å². The summed E-state index contributed by atoms with van der Waals surface area (Å²) in [6, 6.07) is 7.76. The fraction of sp³-hybridized carbons (Fsp3) is 0.333. The summed E-state index contributed by atoms with van der Waals surface area (Å²) in [4.78, 5) is 18.0. The monoisotopic (exact) mass is 230 g/mol. The number of carbonyl (C=O) groups excluding carboxylic acids is 1. The fourth-order valence-corrected chi connectivity index (χ4v) is 2.30. The molecule has 5 heteroatoms. The number of nitrogens with zero attached hydrogens (tertiary/aromatic N) is 3. The lowest BCUT2D eigenvalue weighted by Crippen LogP contribution is -2.30. The van der Waals surface area contributed by atoms with E-state index in [1.54, 1.807) is 4.90 Å². The van der Waals surface area contributed by atoms with Gasteiger partial charge in [-0.05, 0) is 12.1 Å². The molecule has 1 atom stereocenters. The highest BCUT2D eigenvalue weighted by atomic mass is 16.2. The normalized spacial score (nSPS) is 20.5. The van der Waals surface area contributed by atoms with Crippen LogP contribution in [0.3, 0.4) is 0 Å². The second-order valence-electron chi connectivity index (χ2n) is 4.43. The first-order valence-electron chi connectivity index (χ1n) is 5.64. The van der Waals surface area contributed by atoms with Gasteiger partial charge in [-0.15, -0.1) is 0 Å². The Labute approximate surface area is 98.8 Å². The molecule has 1 aliphatic rings. The van der Waals surface area contributed by atoms with Gasteiger partial charge in [0.2, 0.25) is 11.9 Å². The number of hydrogen-bond donors (Lipinski definition) is 1. The number of carbonyl (C=O) groups is 1. The van der Waals surface area contributed by atoms with Crippen LogP contribution in [-0.4, -0.2) is 28.0 Å². The third kappa shape index (κ3) is 1.51. The maximum atomic E-state index is 11.8. The van der Waals surface area contributed by atoms with Crippen LogP contribution in [0, 0.1) is 0 Å². The van der Waals surface area contributed by atoms with Gasteiger partial charge < -0.3 is 10.3 Å². The molecular formula is C12H14N4O. The molecule has 0 aliphatic carbocycles. The Bertz CT molecular complexity index is 589. The molecule has 0 bridgehead atoms. The summed E-state index contributed by atoms with van der Waals surface area (Å²) in [5.74, 6) is 0.736. The Morgan fingerprint density at radius 3 is 2.82 bits per heavy atom. The van der Waals surface area contributed by atoms with E-state index in [1.165, 1.54) is 0 Å². The first-order valence-corrected chi connectivity index (χ1v) is 5.64. The number of amides is 1. The number of para-hydroxylation sites is 2. The zero-order valence-electron chi connectivity index (χ0n) is 9.63. The molecule has 5 nitrogen and oxygen atoms in total. The Kier molecular flexibility index (Phi) is 2.16. The van der Waals surface area contributed by atoms with Crippen molar-refractivity contribution in [2.75, 3.05) is 11.4 Å². The van der Waals surface area contributed by atoms with Crippen LogP contribution < -0.4 is 10.6 Å². The Hall–Kier alpha value is -1.88. The molecule has 1 aliphatic heterocycles. The number of fused-ring (bicyclic) bond motifs is 1. The SMILES string of the molecule is Cn1c(N2CC(N)CC2=O)nc2ccccc21. The Balaban J connectivity index is 2.12. The highest BCUT2D eigenvalue weighted by Crippen LogP contribution is 2.24. The van der Waals surface area contributed by atoms with Crippen LogP contribution in [0.2, 0.25) is 0 Å². The zero-order chi connectivity index (χ0) is 12.0. The van der Waals surface area contributed by atoms with Crippen LogP contribution in [0.5, 0.6) is 0 Å². The minimum atomic E-state index is -0.0812. The van der Waals surface area contributed by atoms with Gasteiger partial charge in [-0.3, -0.25) is 9.69 Å². The van der Waals surface area contributed by atoms with E-state index in [2.05, 4.69) is 4.98 Å². The second-order valence-corrected chi connectivity index (χ2v) is 4.43. The number of benzene rings is 1. The van der Waals surface area contributed by atoms with Crippen LogP contribution in [0.4, 0.5) is 5.95 Å². The lowest BCUT2D eigenvalue weighted by Gasteiger charge is -2.14. The van der Waals surface area contributed by atoms with Crippen molar-refractivity contribution in [1.82, 2.24) is 9.55 Å². The third-order valence-corrected chi connectivity index (χ3v) is 3.16. The van der Waals surface area contributed by atoms with E-state index in [1.807, 2.05) is 35.9 Å². The van der Waals surface area contributed by atoms with Gasteiger partial charge in [-0.1, -0.05) is 12.1 Å².